The second-order valence-corrected chi connectivity index (χ2v) is 2.86. The topological polar surface area (TPSA) is 113 Å². The molecule has 0 saturated carbocycles. The Labute approximate surface area is 101 Å². The van der Waals surface area contributed by atoms with Crippen molar-refractivity contribution >= 4 is 24.8 Å². The standard InChI is InChI=1S/C7H17NO5.2ClH/c1-8-2-4(10)6(12)7(13)5(11)3-9;;/h4-13H,2-3H2,1H3;2*1H/t4-,5+,6+,7+;;/m0../s1. The fraction of sp³-hybridized carbons (Fsp3) is 1.00. The van der Waals surface area contributed by atoms with Crippen molar-refractivity contribution in [3.8, 4) is 0 Å². The molecule has 0 aromatic heterocycles. The number of aliphatic hydroxyl groups excluding tert-OH is 5. The first-order chi connectivity index (χ1) is 6.04. The Morgan fingerprint density at radius 2 is 1.33 bits per heavy atom. The molecule has 0 unspecified atom stereocenters. The molecule has 0 saturated heterocycles. The minimum Gasteiger partial charge on any atom is -0.394 e. The Balaban J connectivity index is -0.000000720. The van der Waals surface area contributed by atoms with Crippen LogP contribution in [0.4, 0.5) is 0 Å². The molecule has 8 heteroatoms. The number of halogens is 2. The van der Waals surface area contributed by atoms with Crippen molar-refractivity contribution in [3.63, 3.8) is 0 Å². The van der Waals surface area contributed by atoms with Gasteiger partial charge in [0, 0.05) is 6.54 Å². The third-order valence-electron chi connectivity index (χ3n) is 1.74. The molecule has 0 aliphatic rings. The highest BCUT2D eigenvalue weighted by Gasteiger charge is 2.29. The van der Waals surface area contributed by atoms with E-state index >= 15 is 0 Å². The number of likely N-dealkylation sites (N-methyl/N-ethyl adjacent to an activating group) is 1. The van der Waals surface area contributed by atoms with Gasteiger partial charge in [0.25, 0.3) is 0 Å². The largest absolute Gasteiger partial charge is 0.394 e. The van der Waals surface area contributed by atoms with Crippen LogP contribution in [0.1, 0.15) is 0 Å². The molecular weight excluding hydrogens is 249 g/mol. The molecule has 15 heavy (non-hydrogen) atoms. The highest BCUT2D eigenvalue weighted by Crippen LogP contribution is 2.04. The fourth-order valence-electron chi connectivity index (χ4n) is 0.893. The number of aliphatic hydroxyl groups is 5. The predicted octanol–water partition coefficient (Wildman–Crippen LogP) is -2.51. The molecule has 96 valence electrons. The molecule has 0 aromatic rings. The maximum atomic E-state index is 9.21. The molecule has 4 atom stereocenters. The second-order valence-electron chi connectivity index (χ2n) is 2.86. The summed E-state index contributed by atoms with van der Waals surface area (Å²) < 4.78 is 0. The summed E-state index contributed by atoms with van der Waals surface area (Å²) in [6, 6.07) is 0. The number of rotatable bonds is 6. The molecule has 0 heterocycles. The Morgan fingerprint density at radius 1 is 0.933 bits per heavy atom. The average molecular weight is 268 g/mol. The highest BCUT2D eigenvalue weighted by atomic mass is 35.5. The molecular formula is C7H19Cl2NO5. The predicted molar refractivity (Wildman–Crippen MR) is 59.5 cm³/mol. The van der Waals surface area contributed by atoms with Crippen molar-refractivity contribution in [3.05, 3.63) is 0 Å². The molecule has 0 fully saturated rings. The quantitative estimate of drug-likeness (QED) is 0.317. The zero-order chi connectivity index (χ0) is 10.4. The van der Waals surface area contributed by atoms with Crippen LogP contribution >= 0.6 is 24.8 Å². The lowest BCUT2D eigenvalue weighted by Crippen LogP contribution is -2.48. The van der Waals surface area contributed by atoms with E-state index in [4.69, 9.17) is 20.4 Å². The van der Waals surface area contributed by atoms with Gasteiger partial charge in [0.1, 0.15) is 18.3 Å². The minimum absolute atomic E-state index is 0. The third kappa shape index (κ3) is 7.26. The SMILES string of the molecule is CNC[C@H](O)[C@@H](O)[C@H](O)[C@H](O)CO.Cl.Cl. The van der Waals surface area contributed by atoms with Crippen molar-refractivity contribution in [2.24, 2.45) is 0 Å². The van der Waals surface area contributed by atoms with Crippen molar-refractivity contribution in [1.82, 2.24) is 5.32 Å². The molecule has 0 radical (unpaired) electrons. The van der Waals surface area contributed by atoms with E-state index in [9.17, 15) is 5.11 Å². The summed E-state index contributed by atoms with van der Waals surface area (Å²) in [5.41, 5.74) is 0. The third-order valence-corrected chi connectivity index (χ3v) is 1.74. The van der Waals surface area contributed by atoms with Crippen molar-refractivity contribution in [2.75, 3.05) is 20.2 Å². The summed E-state index contributed by atoms with van der Waals surface area (Å²) in [5.74, 6) is 0. The first kappa shape index (κ1) is 20.7. The normalized spacial score (nSPS) is 18.0. The van der Waals surface area contributed by atoms with E-state index in [-0.39, 0.29) is 31.4 Å². The van der Waals surface area contributed by atoms with Crippen LogP contribution in [0.3, 0.4) is 0 Å². The van der Waals surface area contributed by atoms with Gasteiger partial charge in [0.15, 0.2) is 0 Å². The van der Waals surface area contributed by atoms with Crippen LogP contribution in [-0.4, -0.2) is 70.1 Å². The summed E-state index contributed by atoms with van der Waals surface area (Å²) in [5, 5.41) is 47.5. The van der Waals surface area contributed by atoms with E-state index in [1.165, 1.54) is 0 Å². The van der Waals surface area contributed by atoms with Crippen LogP contribution in [0, 0.1) is 0 Å². The smallest absolute Gasteiger partial charge is 0.111 e. The summed E-state index contributed by atoms with van der Waals surface area (Å²) in [7, 11) is 1.57. The van der Waals surface area contributed by atoms with Crippen LogP contribution in [0.5, 0.6) is 0 Å². The van der Waals surface area contributed by atoms with Gasteiger partial charge in [-0.15, -0.1) is 24.8 Å². The summed E-state index contributed by atoms with van der Waals surface area (Å²) in [4.78, 5) is 0. The summed E-state index contributed by atoms with van der Waals surface area (Å²) in [6.07, 6.45) is -5.65. The van der Waals surface area contributed by atoms with E-state index in [1.54, 1.807) is 7.05 Å². The molecule has 0 aliphatic heterocycles. The fourth-order valence-corrected chi connectivity index (χ4v) is 0.893. The van der Waals surface area contributed by atoms with Gasteiger partial charge < -0.3 is 30.8 Å². The van der Waals surface area contributed by atoms with Crippen LogP contribution in [0.25, 0.3) is 0 Å². The first-order valence-electron chi connectivity index (χ1n) is 4.02. The van der Waals surface area contributed by atoms with Gasteiger partial charge in [-0.3, -0.25) is 0 Å². The molecule has 0 rings (SSSR count). The van der Waals surface area contributed by atoms with Gasteiger partial charge in [-0.1, -0.05) is 0 Å². The lowest BCUT2D eigenvalue weighted by Gasteiger charge is -2.25. The Kier molecular flexibility index (Phi) is 15.0. The highest BCUT2D eigenvalue weighted by molar-refractivity contribution is 5.85. The van der Waals surface area contributed by atoms with Crippen molar-refractivity contribution in [2.45, 2.75) is 24.4 Å². The van der Waals surface area contributed by atoms with Crippen molar-refractivity contribution < 1.29 is 25.5 Å². The Hall–Kier alpha value is 0.340. The zero-order valence-corrected chi connectivity index (χ0v) is 9.91. The Bertz CT molecular complexity index is 143. The molecule has 0 bridgehead atoms. The minimum atomic E-state index is -1.55. The molecule has 0 amide bonds. The van der Waals surface area contributed by atoms with E-state index < -0.39 is 31.0 Å². The maximum absolute atomic E-state index is 9.21. The van der Waals surface area contributed by atoms with Gasteiger partial charge in [-0.2, -0.15) is 0 Å². The lowest BCUT2D eigenvalue weighted by atomic mass is 10.0. The van der Waals surface area contributed by atoms with E-state index in [1.807, 2.05) is 0 Å². The molecule has 6 N–H and O–H groups in total. The van der Waals surface area contributed by atoms with Crippen LogP contribution in [0.15, 0.2) is 0 Å². The van der Waals surface area contributed by atoms with Crippen LogP contribution in [0.2, 0.25) is 0 Å². The van der Waals surface area contributed by atoms with Crippen LogP contribution in [-0.2, 0) is 0 Å². The summed E-state index contributed by atoms with van der Waals surface area (Å²) in [6.45, 7) is -0.569. The van der Waals surface area contributed by atoms with Gasteiger partial charge in [-0.25, -0.2) is 0 Å². The first-order valence-corrected chi connectivity index (χ1v) is 4.02. The number of nitrogens with one attached hydrogen (secondary N) is 1. The van der Waals surface area contributed by atoms with E-state index in [0.29, 0.717) is 0 Å². The molecule has 0 aromatic carbocycles. The second kappa shape index (κ2) is 10.8. The maximum Gasteiger partial charge on any atom is 0.111 e. The van der Waals surface area contributed by atoms with Gasteiger partial charge in [-0.05, 0) is 7.05 Å². The number of hydrogen-bond acceptors (Lipinski definition) is 6. The number of hydrogen-bond donors (Lipinski definition) is 6. The van der Waals surface area contributed by atoms with Crippen molar-refractivity contribution in [1.29, 1.82) is 0 Å². The molecule has 0 aliphatic carbocycles. The summed E-state index contributed by atoms with van der Waals surface area (Å²) >= 11 is 0. The Morgan fingerprint density at radius 3 is 1.67 bits per heavy atom. The van der Waals surface area contributed by atoms with E-state index in [2.05, 4.69) is 5.32 Å². The molecule has 6 nitrogen and oxygen atoms in total. The molecule has 0 spiro atoms. The zero-order valence-electron chi connectivity index (χ0n) is 8.28. The van der Waals surface area contributed by atoms with Gasteiger partial charge in [0.2, 0.25) is 0 Å². The van der Waals surface area contributed by atoms with Gasteiger partial charge in [0.05, 0.1) is 12.7 Å². The van der Waals surface area contributed by atoms with E-state index in [0.717, 1.165) is 0 Å². The average Bonchev–Trinajstić information content (AvgIpc) is 2.14. The van der Waals surface area contributed by atoms with Crippen LogP contribution < -0.4 is 5.32 Å². The monoisotopic (exact) mass is 267 g/mol. The van der Waals surface area contributed by atoms with Gasteiger partial charge >= 0.3 is 0 Å². The lowest BCUT2D eigenvalue weighted by molar-refractivity contribution is -0.113.